The van der Waals surface area contributed by atoms with E-state index in [2.05, 4.69) is 10.6 Å². The quantitative estimate of drug-likeness (QED) is 0.886. The van der Waals surface area contributed by atoms with Gasteiger partial charge < -0.3 is 20.1 Å². The molecule has 0 bridgehead atoms. The van der Waals surface area contributed by atoms with Gasteiger partial charge in [-0.15, -0.1) is 12.4 Å². The molecule has 0 spiro atoms. The number of thioether (sulfide) groups is 1. The van der Waals surface area contributed by atoms with Crippen molar-refractivity contribution in [1.29, 1.82) is 0 Å². The van der Waals surface area contributed by atoms with Crippen molar-refractivity contribution in [3.63, 3.8) is 0 Å². The van der Waals surface area contributed by atoms with Crippen LogP contribution in [0.2, 0.25) is 0 Å². The average Bonchev–Trinajstić information content (AvgIpc) is 2.48. The Morgan fingerprint density at radius 1 is 1.33 bits per heavy atom. The second-order valence-corrected chi connectivity index (χ2v) is 5.99. The number of carbonyl (C=O) groups is 1. The minimum Gasteiger partial charge on any atom is -0.486 e. The average molecular weight is 331 g/mol. The zero-order valence-electron chi connectivity index (χ0n) is 11.6. The van der Waals surface area contributed by atoms with Gasteiger partial charge in [-0.2, -0.15) is 11.8 Å². The third-order valence-corrected chi connectivity index (χ3v) is 4.39. The van der Waals surface area contributed by atoms with Crippen molar-refractivity contribution in [3.05, 3.63) is 18.2 Å². The van der Waals surface area contributed by atoms with Gasteiger partial charge >= 0.3 is 0 Å². The zero-order chi connectivity index (χ0) is 13.8. The summed E-state index contributed by atoms with van der Waals surface area (Å²) in [6, 6.07) is 5.76. The number of benzene rings is 1. The van der Waals surface area contributed by atoms with Crippen molar-refractivity contribution >= 4 is 35.8 Å². The Hall–Kier alpha value is -1.11. The third-order valence-electron chi connectivity index (χ3n) is 3.26. The van der Waals surface area contributed by atoms with Crippen molar-refractivity contribution in [2.45, 2.75) is 12.5 Å². The summed E-state index contributed by atoms with van der Waals surface area (Å²) in [5.74, 6) is 3.58. The predicted octanol–water partition coefficient (Wildman–Crippen LogP) is 1.91. The number of fused-ring (bicyclic) bond motifs is 1. The molecule has 0 radical (unpaired) electrons. The number of hydrogen-bond acceptors (Lipinski definition) is 5. The molecule has 1 amide bonds. The fourth-order valence-electron chi connectivity index (χ4n) is 2.31. The molecule has 0 aliphatic carbocycles. The number of amides is 1. The maximum Gasteiger partial charge on any atom is 0.225 e. The van der Waals surface area contributed by atoms with Crippen LogP contribution in [0.25, 0.3) is 0 Å². The second kappa shape index (κ2) is 7.77. The smallest absolute Gasteiger partial charge is 0.225 e. The molecule has 0 saturated carbocycles. The van der Waals surface area contributed by atoms with Gasteiger partial charge in [0, 0.05) is 42.3 Å². The lowest BCUT2D eigenvalue weighted by molar-refractivity contribution is -0.116. The van der Waals surface area contributed by atoms with Crippen LogP contribution in [0.1, 0.15) is 6.42 Å². The molecule has 3 rings (SSSR count). The molecule has 5 nitrogen and oxygen atoms in total. The van der Waals surface area contributed by atoms with Gasteiger partial charge in [0.15, 0.2) is 11.5 Å². The van der Waals surface area contributed by atoms with E-state index in [0.29, 0.717) is 25.4 Å². The number of hydrogen-bond donors (Lipinski definition) is 2. The lowest BCUT2D eigenvalue weighted by Gasteiger charge is -2.23. The first kappa shape index (κ1) is 16.3. The summed E-state index contributed by atoms with van der Waals surface area (Å²) >= 11 is 1.89. The number of carbonyl (C=O) groups excluding carboxylic acids is 1. The maximum absolute atomic E-state index is 12.0. The molecule has 1 fully saturated rings. The van der Waals surface area contributed by atoms with E-state index < -0.39 is 0 Å². The van der Waals surface area contributed by atoms with Gasteiger partial charge in [0.1, 0.15) is 13.2 Å². The fraction of sp³-hybridized carbons (Fsp3) is 0.500. The van der Waals surface area contributed by atoms with Gasteiger partial charge in [0.05, 0.1) is 0 Å². The van der Waals surface area contributed by atoms with E-state index >= 15 is 0 Å². The molecule has 1 atom stereocenters. The van der Waals surface area contributed by atoms with E-state index in [1.165, 1.54) is 0 Å². The molecular formula is C14H19ClN2O3S. The van der Waals surface area contributed by atoms with Crippen LogP contribution >= 0.6 is 24.2 Å². The molecule has 2 heterocycles. The maximum atomic E-state index is 12.0. The summed E-state index contributed by atoms with van der Waals surface area (Å²) in [6.45, 7) is 2.10. The topological polar surface area (TPSA) is 59.6 Å². The second-order valence-electron chi connectivity index (χ2n) is 4.84. The molecule has 2 aliphatic rings. The molecule has 1 unspecified atom stereocenters. The Kier molecular flexibility index (Phi) is 6.02. The van der Waals surface area contributed by atoms with Gasteiger partial charge in [-0.3, -0.25) is 4.79 Å². The molecule has 116 valence electrons. The first-order valence-corrected chi connectivity index (χ1v) is 7.97. The molecule has 1 aromatic rings. The Labute approximate surface area is 134 Å². The van der Waals surface area contributed by atoms with Crippen LogP contribution in [0.15, 0.2) is 18.2 Å². The van der Waals surface area contributed by atoms with Gasteiger partial charge in [-0.1, -0.05) is 0 Å². The number of nitrogens with one attached hydrogen (secondary N) is 2. The summed E-state index contributed by atoms with van der Waals surface area (Å²) in [4.78, 5) is 12.0. The number of rotatable bonds is 3. The van der Waals surface area contributed by atoms with Crippen LogP contribution < -0.4 is 20.1 Å². The highest BCUT2D eigenvalue weighted by Crippen LogP contribution is 2.32. The normalized spacial score (nSPS) is 20.3. The fourth-order valence-corrected chi connectivity index (χ4v) is 3.26. The Balaban J connectivity index is 0.00000161. The Bertz CT molecular complexity index is 495. The van der Waals surface area contributed by atoms with Crippen molar-refractivity contribution in [1.82, 2.24) is 5.32 Å². The lowest BCUT2D eigenvalue weighted by atomic mass is 10.2. The minimum absolute atomic E-state index is 0. The van der Waals surface area contributed by atoms with Crippen molar-refractivity contribution in [2.75, 3.05) is 36.6 Å². The van der Waals surface area contributed by atoms with E-state index in [1.807, 2.05) is 30.0 Å². The van der Waals surface area contributed by atoms with Crippen LogP contribution in [0.5, 0.6) is 11.5 Å². The third kappa shape index (κ3) is 4.43. The van der Waals surface area contributed by atoms with Crippen LogP contribution in [0.4, 0.5) is 5.69 Å². The molecule has 21 heavy (non-hydrogen) atoms. The van der Waals surface area contributed by atoms with Crippen LogP contribution in [0, 0.1) is 0 Å². The first-order chi connectivity index (χ1) is 9.81. The summed E-state index contributed by atoms with van der Waals surface area (Å²) < 4.78 is 11.0. The van der Waals surface area contributed by atoms with Crippen LogP contribution in [-0.4, -0.2) is 43.2 Å². The van der Waals surface area contributed by atoms with Crippen molar-refractivity contribution in [2.24, 2.45) is 0 Å². The van der Waals surface area contributed by atoms with E-state index in [9.17, 15) is 4.79 Å². The summed E-state index contributed by atoms with van der Waals surface area (Å²) in [7, 11) is 0. The predicted molar refractivity (Wildman–Crippen MR) is 87.0 cm³/mol. The standard InChI is InChI=1S/C14H18N2O3S.ClH/c17-14(8-11-9-20-6-3-15-11)16-10-1-2-12-13(7-10)19-5-4-18-12;/h1-2,7,11,15H,3-6,8-9H2,(H,16,17);1H. The summed E-state index contributed by atoms with van der Waals surface area (Å²) in [6.07, 6.45) is 0.501. The largest absolute Gasteiger partial charge is 0.486 e. The SMILES string of the molecule is Cl.O=C(CC1CSCCN1)Nc1ccc2c(c1)OCCO2. The zero-order valence-corrected chi connectivity index (χ0v) is 13.2. The highest BCUT2D eigenvalue weighted by molar-refractivity contribution is 7.99. The molecule has 1 aromatic carbocycles. The summed E-state index contributed by atoms with van der Waals surface area (Å²) in [5, 5.41) is 6.27. The van der Waals surface area contributed by atoms with Crippen molar-refractivity contribution in [3.8, 4) is 11.5 Å². The number of halogens is 1. The monoisotopic (exact) mass is 330 g/mol. The van der Waals surface area contributed by atoms with Crippen LogP contribution in [0.3, 0.4) is 0 Å². The van der Waals surface area contributed by atoms with Gasteiger partial charge in [-0.25, -0.2) is 0 Å². The number of anilines is 1. The van der Waals surface area contributed by atoms with Crippen LogP contribution in [-0.2, 0) is 4.79 Å². The summed E-state index contributed by atoms with van der Waals surface area (Å²) in [5.41, 5.74) is 0.753. The molecule has 1 saturated heterocycles. The van der Waals surface area contributed by atoms with E-state index in [0.717, 1.165) is 29.5 Å². The highest BCUT2D eigenvalue weighted by atomic mass is 35.5. The van der Waals surface area contributed by atoms with E-state index in [4.69, 9.17) is 9.47 Å². The Morgan fingerprint density at radius 2 is 2.14 bits per heavy atom. The minimum atomic E-state index is 0. The first-order valence-electron chi connectivity index (χ1n) is 6.82. The molecule has 7 heteroatoms. The van der Waals surface area contributed by atoms with E-state index in [1.54, 1.807) is 0 Å². The van der Waals surface area contributed by atoms with Gasteiger partial charge in [0.2, 0.25) is 5.91 Å². The van der Waals surface area contributed by atoms with Gasteiger partial charge in [-0.05, 0) is 12.1 Å². The van der Waals surface area contributed by atoms with Crippen molar-refractivity contribution < 1.29 is 14.3 Å². The van der Waals surface area contributed by atoms with E-state index in [-0.39, 0.29) is 24.4 Å². The molecule has 2 aliphatic heterocycles. The number of ether oxygens (including phenoxy) is 2. The Morgan fingerprint density at radius 3 is 2.90 bits per heavy atom. The molecule has 2 N–H and O–H groups in total. The molecule has 0 aromatic heterocycles. The van der Waals surface area contributed by atoms with Gasteiger partial charge in [0.25, 0.3) is 0 Å². The molecular weight excluding hydrogens is 312 g/mol. The highest BCUT2D eigenvalue weighted by Gasteiger charge is 2.17. The lowest BCUT2D eigenvalue weighted by Crippen LogP contribution is -2.39.